The molecule has 52 valence electrons. The monoisotopic (exact) mass is 126 g/mol. The Hall–Kier alpha value is -0.790. The van der Waals surface area contributed by atoms with Crippen molar-refractivity contribution in [2.75, 3.05) is 0 Å². The lowest BCUT2D eigenvalue weighted by Gasteiger charge is -1.96. The van der Waals surface area contributed by atoms with Crippen LogP contribution in [0.5, 0.6) is 0 Å². The maximum absolute atomic E-state index is 5.20. The molecule has 0 rings (SSSR count). The maximum Gasteiger partial charge on any atom is 0.115 e. The minimum Gasteiger partial charge on any atom is -0.384 e. The minimum absolute atomic E-state index is 0.385. The van der Waals surface area contributed by atoms with Crippen molar-refractivity contribution in [2.24, 2.45) is 16.6 Å². The van der Waals surface area contributed by atoms with Gasteiger partial charge < -0.3 is 5.73 Å². The first kappa shape index (κ1) is 8.21. The molecule has 1 unspecified atom stereocenters. The van der Waals surface area contributed by atoms with Gasteiger partial charge in [-0.25, -0.2) is 4.99 Å². The Morgan fingerprint density at radius 1 is 1.89 bits per heavy atom. The SMILES string of the molecule is C=C(N)/N=C\C(C)CC. The summed E-state index contributed by atoms with van der Waals surface area (Å²) in [6.07, 6.45) is 2.92. The summed E-state index contributed by atoms with van der Waals surface area (Å²) in [5.74, 6) is 0.889. The Balaban J connectivity index is 3.56. The van der Waals surface area contributed by atoms with Crippen molar-refractivity contribution in [3.8, 4) is 0 Å². The van der Waals surface area contributed by atoms with Gasteiger partial charge in [-0.15, -0.1) is 0 Å². The smallest absolute Gasteiger partial charge is 0.115 e. The standard InChI is InChI=1S/C7H14N2/c1-4-6(2)5-9-7(3)8/h5-6H,3-4,8H2,1-2H3/b9-5-. The van der Waals surface area contributed by atoms with Gasteiger partial charge in [0.25, 0.3) is 0 Å². The topological polar surface area (TPSA) is 38.4 Å². The van der Waals surface area contributed by atoms with E-state index < -0.39 is 0 Å². The van der Waals surface area contributed by atoms with Gasteiger partial charge in [0.1, 0.15) is 5.82 Å². The normalized spacial score (nSPS) is 14.0. The van der Waals surface area contributed by atoms with Crippen LogP contribution in [0.15, 0.2) is 17.4 Å². The van der Waals surface area contributed by atoms with Crippen LogP contribution in [0.2, 0.25) is 0 Å². The van der Waals surface area contributed by atoms with Crippen molar-refractivity contribution in [2.45, 2.75) is 20.3 Å². The summed E-state index contributed by atoms with van der Waals surface area (Å²) in [4.78, 5) is 3.85. The second kappa shape index (κ2) is 4.13. The highest BCUT2D eigenvalue weighted by Gasteiger charge is 1.89. The number of nitrogens with zero attached hydrogens (tertiary/aromatic N) is 1. The fourth-order valence-corrected chi connectivity index (χ4v) is 0.328. The van der Waals surface area contributed by atoms with Crippen LogP contribution in [-0.2, 0) is 0 Å². The van der Waals surface area contributed by atoms with Crippen LogP contribution < -0.4 is 5.73 Å². The first-order valence-electron chi connectivity index (χ1n) is 3.15. The van der Waals surface area contributed by atoms with Crippen molar-refractivity contribution < 1.29 is 0 Å². The zero-order valence-electron chi connectivity index (χ0n) is 6.09. The zero-order chi connectivity index (χ0) is 7.28. The third kappa shape index (κ3) is 5.07. The highest BCUT2D eigenvalue weighted by atomic mass is 14.9. The molecular weight excluding hydrogens is 112 g/mol. The predicted octanol–water partition coefficient (Wildman–Crippen LogP) is 1.53. The lowest BCUT2D eigenvalue weighted by Crippen LogP contribution is -1.96. The van der Waals surface area contributed by atoms with Gasteiger partial charge in [-0.1, -0.05) is 20.4 Å². The molecule has 0 radical (unpaired) electrons. The van der Waals surface area contributed by atoms with E-state index in [1.54, 1.807) is 0 Å². The Kier molecular flexibility index (Phi) is 3.76. The molecule has 2 nitrogen and oxygen atoms in total. The Morgan fingerprint density at radius 3 is 2.78 bits per heavy atom. The van der Waals surface area contributed by atoms with Gasteiger partial charge in [-0.3, -0.25) is 0 Å². The van der Waals surface area contributed by atoms with E-state index in [9.17, 15) is 0 Å². The molecule has 0 aliphatic rings. The molecule has 2 N–H and O–H groups in total. The lowest BCUT2D eigenvalue weighted by atomic mass is 10.1. The first-order valence-corrected chi connectivity index (χ1v) is 3.15. The molecule has 0 heterocycles. The largest absolute Gasteiger partial charge is 0.384 e. The number of aliphatic imine (C=N–C) groups is 1. The van der Waals surface area contributed by atoms with E-state index >= 15 is 0 Å². The van der Waals surface area contributed by atoms with Crippen LogP contribution >= 0.6 is 0 Å². The fraction of sp³-hybridized carbons (Fsp3) is 0.571. The molecule has 0 aliphatic carbocycles. The maximum atomic E-state index is 5.20. The van der Waals surface area contributed by atoms with Crippen LogP contribution in [0.3, 0.4) is 0 Å². The Morgan fingerprint density at radius 2 is 2.44 bits per heavy atom. The molecule has 9 heavy (non-hydrogen) atoms. The number of hydrogen-bond donors (Lipinski definition) is 1. The summed E-state index contributed by atoms with van der Waals surface area (Å²) in [6, 6.07) is 0. The molecule has 0 aromatic rings. The molecule has 0 saturated heterocycles. The average Bonchev–Trinajstić information content (AvgIpc) is 1.83. The van der Waals surface area contributed by atoms with Crippen LogP contribution in [-0.4, -0.2) is 6.21 Å². The second-order valence-corrected chi connectivity index (χ2v) is 2.16. The van der Waals surface area contributed by atoms with Crippen molar-refractivity contribution in [3.63, 3.8) is 0 Å². The zero-order valence-corrected chi connectivity index (χ0v) is 6.09. The third-order valence-electron chi connectivity index (χ3n) is 1.14. The predicted molar refractivity (Wildman–Crippen MR) is 41.3 cm³/mol. The van der Waals surface area contributed by atoms with Gasteiger partial charge in [-0.05, 0) is 12.3 Å². The molecule has 0 aliphatic heterocycles. The molecule has 0 aromatic carbocycles. The lowest BCUT2D eigenvalue weighted by molar-refractivity contribution is 0.753. The van der Waals surface area contributed by atoms with Crippen molar-refractivity contribution >= 4 is 6.21 Å². The van der Waals surface area contributed by atoms with Crippen molar-refractivity contribution in [3.05, 3.63) is 12.4 Å². The van der Waals surface area contributed by atoms with Gasteiger partial charge in [0.15, 0.2) is 0 Å². The molecule has 0 aromatic heterocycles. The van der Waals surface area contributed by atoms with E-state index in [-0.39, 0.29) is 0 Å². The van der Waals surface area contributed by atoms with Gasteiger partial charge in [0, 0.05) is 6.21 Å². The highest BCUT2D eigenvalue weighted by Crippen LogP contribution is 1.95. The quantitative estimate of drug-likeness (QED) is 0.572. The van der Waals surface area contributed by atoms with Crippen LogP contribution in [0.25, 0.3) is 0 Å². The first-order chi connectivity index (χ1) is 4.16. The van der Waals surface area contributed by atoms with E-state index in [0.29, 0.717) is 11.7 Å². The highest BCUT2D eigenvalue weighted by molar-refractivity contribution is 5.61. The fourth-order valence-electron chi connectivity index (χ4n) is 0.328. The van der Waals surface area contributed by atoms with Crippen LogP contribution in [0.4, 0.5) is 0 Å². The minimum atomic E-state index is 0.385. The molecule has 0 bridgehead atoms. The van der Waals surface area contributed by atoms with Gasteiger partial charge in [0.2, 0.25) is 0 Å². The van der Waals surface area contributed by atoms with E-state index in [1.807, 2.05) is 6.21 Å². The molecule has 0 saturated carbocycles. The number of rotatable bonds is 3. The summed E-state index contributed by atoms with van der Waals surface area (Å²) in [5, 5.41) is 0. The average molecular weight is 126 g/mol. The van der Waals surface area contributed by atoms with E-state index in [0.717, 1.165) is 6.42 Å². The Bertz CT molecular complexity index is 116. The number of hydrogen-bond acceptors (Lipinski definition) is 2. The molecule has 0 fully saturated rings. The summed E-state index contributed by atoms with van der Waals surface area (Å²) >= 11 is 0. The van der Waals surface area contributed by atoms with Gasteiger partial charge in [-0.2, -0.15) is 0 Å². The summed E-state index contributed by atoms with van der Waals surface area (Å²) in [7, 11) is 0. The van der Waals surface area contributed by atoms with E-state index in [1.165, 1.54) is 0 Å². The number of nitrogens with two attached hydrogens (primary N) is 1. The molecule has 0 amide bonds. The molecule has 0 spiro atoms. The van der Waals surface area contributed by atoms with Crippen molar-refractivity contribution in [1.29, 1.82) is 0 Å². The van der Waals surface area contributed by atoms with Crippen LogP contribution in [0.1, 0.15) is 20.3 Å². The van der Waals surface area contributed by atoms with E-state index in [4.69, 9.17) is 5.73 Å². The van der Waals surface area contributed by atoms with E-state index in [2.05, 4.69) is 25.4 Å². The second-order valence-electron chi connectivity index (χ2n) is 2.16. The molecule has 1 atom stereocenters. The molecular formula is C7H14N2. The van der Waals surface area contributed by atoms with Crippen LogP contribution in [0, 0.1) is 5.92 Å². The van der Waals surface area contributed by atoms with Crippen molar-refractivity contribution in [1.82, 2.24) is 0 Å². The van der Waals surface area contributed by atoms with Gasteiger partial charge in [0.05, 0.1) is 0 Å². The summed E-state index contributed by atoms with van der Waals surface area (Å²) < 4.78 is 0. The Labute approximate surface area is 56.5 Å². The van der Waals surface area contributed by atoms with Gasteiger partial charge >= 0.3 is 0 Å². The molecule has 2 heteroatoms. The summed E-state index contributed by atoms with van der Waals surface area (Å²) in [5.41, 5.74) is 5.20. The summed E-state index contributed by atoms with van der Waals surface area (Å²) in [6.45, 7) is 7.64. The third-order valence-corrected chi connectivity index (χ3v) is 1.14.